The third-order valence-corrected chi connectivity index (χ3v) is 5.89. The first-order valence-corrected chi connectivity index (χ1v) is 11.6. The molecule has 8 nitrogen and oxygen atoms in total. The molecule has 2 aromatic heterocycles. The normalized spacial score (nSPS) is 11.0. The first-order valence-electron chi connectivity index (χ1n) is 11.6. The number of nitrogens with one attached hydrogen (secondary N) is 1. The van der Waals surface area contributed by atoms with Gasteiger partial charge in [0.15, 0.2) is 5.69 Å². The molecule has 8 heteroatoms. The number of nitrogens with zero attached hydrogens (tertiary/aromatic N) is 2. The van der Waals surface area contributed by atoms with Crippen LogP contribution in [-0.2, 0) is 17.9 Å². The fourth-order valence-corrected chi connectivity index (χ4v) is 4.13. The van der Waals surface area contributed by atoms with Crippen LogP contribution in [0.3, 0.4) is 0 Å². The first-order chi connectivity index (χ1) is 17.0. The molecule has 0 saturated heterocycles. The van der Waals surface area contributed by atoms with Gasteiger partial charge in [0.25, 0.3) is 5.56 Å². The number of carbonyl (C=O) groups excluding carboxylic acids is 1. The second kappa shape index (κ2) is 10.7. The zero-order valence-corrected chi connectivity index (χ0v) is 19.5. The van der Waals surface area contributed by atoms with Crippen molar-refractivity contribution < 1.29 is 9.21 Å². The maximum absolute atomic E-state index is 14.3. The third-order valence-electron chi connectivity index (χ3n) is 5.89. The van der Waals surface area contributed by atoms with Crippen LogP contribution in [0.1, 0.15) is 42.6 Å². The zero-order valence-electron chi connectivity index (χ0n) is 19.5. The monoisotopic (exact) mass is 472 g/mol. The van der Waals surface area contributed by atoms with Crippen molar-refractivity contribution in [2.24, 2.45) is 0 Å². The Morgan fingerprint density at radius 1 is 1.00 bits per heavy atom. The molecule has 3 N–H and O–H groups in total. The molecule has 0 fully saturated rings. The highest BCUT2D eigenvalue weighted by molar-refractivity contribution is 6.01. The summed E-state index contributed by atoms with van der Waals surface area (Å²) >= 11 is 0. The highest BCUT2D eigenvalue weighted by Gasteiger charge is 2.32. The molecule has 0 aliphatic rings. The molecule has 0 radical (unpaired) electrons. The molecule has 0 unspecified atom stereocenters. The van der Waals surface area contributed by atoms with Gasteiger partial charge in [-0.15, -0.1) is 0 Å². The summed E-state index contributed by atoms with van der Waals surface area (Å²) in [5.74, 6) is -0.644. The van der Waals surface area contributed by atoms with Crippen molar-refractivity contribution in [3.63, 3.8) is 0 Å². The Morgan fingerprint density at radius 2 is 1.63 bits per heavy atom. The summed E-state index contributed by atoms with van der Waals surface area (Å²) in [5, 5.41) is 0. The highest BCUT2D eigenvalue weighted by Crippen LogP contribution is 2.31. The quantitative estimate of drug-likeness (QED) is 0.384. The van der Waals surface area contributed by atoms with Gasteiger partial charge in [-0.25, -0.2) is 4.79 Å². The number of unbranched alkanes of at least 4 members (excludes halogenated alkanes) is 1. The van der Waals surface area contributed by atoms with Crippen LogP contribution in [0.4, 0.5) is 11.5 Å². The predicted octanol–water partition coefficient (Wildman–Crippen LogP) is 3.88. The number of amides is 1. The highest BCUT2D eigenvalue weighted by atomic mass is 16.3. The van der Waals surface area contributed by atoms with Crippen molar-refractivity contribution >= 4 is 17.4 Å². The minimum atomic E-state index is -0.722. The van der Waals surface area contributed by atoms with E-state index in [0.717, 1.165) is 17.5 Å². The van der Waals surface area contributed by atoms with Crippen LogP contribution in [0, 0.1) is 0 Å². The molecular formula is C27H28N4O4. The van der Waals surface area contributed by atoms with E-state index in [1.165, 1.54) is 15.7 Å². The average molecular weight is 473 g/mol. The average Bonchev–Trinajstić information content (AvgIpc) is 3.38. The summed E-state index contributed by atoms with van der Waals surface area (Å²) in [5.41, 5.74) is 6.53. The number of hydrogen-bond donors (Lipinski definition) is 2. The lowest BCUT2D eigenvalue weighted by Gasteiger charge is -2.28. The number of aromatic amines is 1. The van der Waals surface area contributed by atoms with Crippen LogP contribution in [0.15, 0.2) is 93.1 Å². The molecule has 2 heterocycles. The maximum atomic E-state index is 14.3. The number of nitrogens with two attached hydrogens (primary N) is 1. The third kappa shape index (κ3) is 5.11. The molecule has 0 bridgehead atoms. The van der Waals surface area contributed by atoms with E-state index in [0.29, 0.717) is 18.7 Å². The Morgan fingerprint density at radius 3 is 2.17 bits per heavy atom. The number of furan rings is 1. The van der Waals surface area contributed by atoms with Crippen LogP contribution in [-0.4, -0.2) is 15.5 Å². The molecule has 4 rings (SSSR count). The number of nitrogen functional groups attached to an aromatic ring is 1. The second-order valence-electron chi connectivity index (χ2n) is 8.26. The zero-order chi connectivity index (χ0) is 24.8. The van der Waals surface area contributed by atoms with E-state index in [-0.39, 0.29) is 24.0 Å². The largest absolute Gasteiger partial charge is 0.467 e. The SMILES string of the molecule is CCCCn1c(N)c(N(Cc2ccco2)C(=O)C(c2ccccc2)c2ccccc2)c(=O)[nH]c1=O. The molecule has 0 atom stereocenters. The van der Waals surface area contributed by atoms with Gasteiger partial charge in [-0.05, 0) is 29.7 Å². The van der Waals surface area contributed by atoms with Crippen molar-refractivity contribution in [1.82, 2.24) is 9.55 Å². The van der Waals surface area contributed by atoms with Crippen molar-refractivity contribution in [1.29, 1.82) is 0 Å². The van der Waals surface area contributed by atoms with Gasteiger partial charge in [0.05, 0.1) is 18.7 Å². The molecule has 0 spiro atoms. The number of hydrogen-bond acceptors (Lipinski definition) is 5. The standard InChI is InChI=1S/C27H28N4O4/c1-2-3-16-30-24(28)23(25(32)29-27(30)34)31(18-21-15-10-17-35-21)26(33)22(19-11-6-4-7-12-19)20-13-8-5-9-14-20/h4-15,17,22H,2-3,16,18,28H2,1H3,(H,29,32,34). The topological polar surface area (TPSA) is 114 Å². The molecular weight excluding hydrogens is 444 g/mol. The lowest BCUT2D eigenvalue weighted by Crippen LogP contribution is -2.42. The Balaban J connectivity index is 1.89. The number of aromatic nitrogens is 2. The van der Waals surface area contributed by atoms with Gasteiger partial charge in [-0.1, -0.05) is 74.0 Å². The van der Waals surface area contributed by atoms with Gasteiger partial charge in [0.2, 0.25) is 5.91 Å². The van der Waals surface area contributed by atoms with Crippen molar-refractivity contribution in [2.45, 2.75) is 38.8 Å². The van der Waals surface area contributed by atoms with Gasteiger partial charge < -0.3 is 10.2 Å². The summed E-state index contributed by atoms with van der Waals surface area (Å²) < 4.78 is 6.82. The minimum Gasteiger partial charge on any atom is -0.467 e. The van der Waals surface area contributed by atoms with Gasteiger partial charge in [-0.2, -0.15) is 0 Å². The number of H-pyrrole nitrogens is 1. The molecule has 35 heavy (non-hydrogen) atoms. The summed E-state index contributed by atoms with van der Waals surface area (Å²) in [6.07, 6.45) is 3.03. The van der Waals surface area contributed by atoms with E-state index < -0.39 is 17.2 Å². The van der Waals surface area contributed by atoms with Crippen LogP contribution in [0.2, 0.25) is 0 Å². The Labute approximate surface area is 202 Å². The van der Waals surface area contributed by atoms with E-state index in [1.807, 2.05) is 67.6 Å². The van der Waals surface area contributed by atoms with Crippen LogP contribution in [0.25, 0.3) is 0 Å². The molecule has 0 aliphatic heterocycles. The van der Waals surface area contributed by atoms with E-state index in [2.05, 4.69) is 4.98 Å². The van der Waals surface area contributed by atoms with Crippen LogP contribution < -0.4 is 21.9 Å². The number of rotatable bonds is 9. The second-order valence-corrected chi connectivity index (χ2v) is 8.26. The molecule has 1 amide bonds. The van der Waals surface area contributed by atoms with Gasteiger partial charge >= 0.3 is 5.69 Å². The molecule has 0 saturated carbocycles. The molecule has 180 valence electrons. The van der Waals surface area contributed by atoms with E-state index in [1.54, 1.807) is 12.1 Å². The van der Waals surface area contributed by atoms with Gasteiger partial charge in [0.1, 0.15) is 11.6 Å². The molecule has 4 aromatic rings. The summed E-state index contributed by atoms with van der Waals surface area (Å²) in [6, 6.07) is 22.1. The van der Waals surface area contributed by atoms with Crippen LogP contribution >= 0.6 is 0 Å². The summed E-state index contributed by atoms with van der Waals surface area (Å²) in [7, 11) is 0. The van der Waals surface area contributed by atoms with E-state index >= 15 is 0 Å². The Bertz CT molecular complexity index is 1340. The first kappa shape index (κ1) is 23.8. The van der Waals surface area contributed by atoms with Crippen molar-refractivity contribution in [3.05, 3.63) is 117 Å². The molecule has 0 aliphatic carbocycles. The lowest BCUT2D eigenvalue weighted by atomic mass is 9.90. The van der Waals surface area contributed by atoms with Gasteiger partial charge in [0, 0.05) is 6.54 Å². The number of anilines is 2. The fraction of sp³-hybridized carbons (Fsp3) is 0.222. The maximum Gasteiger partial charge on any atom is 0.330 e. The summed E-state index contributed by atoms with van der Waals surface area (Å²) in [6.45, 7) is 2.29. The van der Waals surface area contributed by atoms with Gasteiger partial charge in [-0.3, -0.25) is 24.0 Å². The van der Waals surface area contributed by atoms with E-state index in [9.17, 15) is 14.4 Å². The fourth-order valence-electron chi connectivity index (χ4n) is 4.13. The Kier molecular flexibility index (Phi) is 7.30. The van der Waals surface area contributed by atoms with Crippen molar-refractivity contribution in [2.75, 3.05) is 10.6 Å². The number of benzene rings is 2. The van der Waals surface area contributed by atoms with Crippen LogP contribution in [0.5, 0.6) is 0 Å². The Hall–Kier alpha value is -4.33. The predicted molar refractivity (Wildman–Crippen MR) is 135 cm³/mol. The summed E-state index contributed by atoms with van der Waals surface area (Å²) in [4.78, 5) is 43.5. The lowest BCUT2D eigenvalue weighted by molar-refractivity contribution is -0.119. The minimum absolute atomic E-state index is 0.0265. The number of carbonyl (C=O) groups is 1. The van der Waals surface area contributed by atoms with E-state index in [4.69, 9.17) is 10.2 Å². The smallest absolute Gasteiger partial charge is 0.330 e. The van der Waals surface area contributed by atoms with Crippen molar-refractivity contribution in [3.8, 4) is 0 Å². The molecule has 2 aromatic carbocycles.